The van der Waals surface area contributed by atoms with Gasteiger partial charge in [0.25, 0.3) is 0 Å². The van der Waals surface area contributed by atoms with Crippen molar-refractivity contribution in [2.24, 2.45) is 5.92 Å². The van der Waals surface area contributed by atoms with Crippen LogP contribution >= 0.6 is 0 Å². The number of fused-ring (bicyclic) bond motifs is 1. The molecule has 7 heteroatoms. The molecule has 3 nitrogen and oxygen atoms in total. The Morgan fingerprint density at radius 2 is 1.81 bits per heavy atom. The van der Waals surface area contributed by atoms with E-state index in [9.17, 15) is 27.5 Å². The third kappa shape index (κ3) is 3.72. The van der Waals surface area contributed by atoms with E-state index in [2.05, 4.69) is 0 Å². The van der Waals surface area contributed by atoms with Crippen LogP contribution in [0.5, 0.6) is 0 Å². The highest BCUT2D eigenvalue weighted by atomic mass is 19.4. The van der Waals surface area contributed by atoms with Crippen LogP contribution in [0.4, 0.5) is 23.2 Å². The van der Waals surface area contributed by atoms with Crippen LogP contribution in [-0.2, 0) is 17.1 Å². The van der Waals surface area contributed by atoms with Gasteiger partial charge >= 0.3 is 12.0 Å². The largest absolute Gasteiger partial charge is 0.453 e. The van der Waals surface area contributed by atoms with E-state index >= 15 is 0 Å². The Hall–Kier alpha value is -1.63. The van der Waals surface area contributed by atoms with Gasteiger partial charge < -0.3 is 10.0 Å². The van der Waals surface area contributed by atoms with Crippen LogP contribution in [0.15, 0.2) is 18.2 Å². The maximum atomic E-state index is 13.9. The molecule has 1 atom stereocenters. The normalized spacial score (nSPS) is 21.2. The lowest BCUT2D eigenvalue weighted by Gasteiger charge is -2.27. The summed E-state index contributed by atoms with van der Waals surface area (Å²) >= 11 is 0. The number of carbonyl (C=O) groups excluding carboxylic acids is 1. The van der Waals surface area contributed by atoms with Crippen LogP contribution in [0.2, 0.25) is 0 Å². The van der Waals surface area contributed by atoms with Crippen molar-refractivity contribution in [2.45, 2.75) is 63.4 Å². The standard InChI is InChI=1S/C19H23F4NO2/c20-18(26,19(21,22)23)15-8-9-16-14(12-15)7-3-4-10-24(16)17(25)11-13-5-1-2-6-13/h8-9,12-13,26H,1-7,10-11H2. The summed E-state index contributed by atoms with van der Waals surface area (Å²) in [5.41, 5.74) is 0.168. The van der Waals surface area contributed by atoms with Gasteiger partial charge in [0.2, 0.25) is 5.91 Å². The highest BCUT2D eigenvalue weighted by Crippen LogP contribution is 2.42. The number of anilines is 1. The Bertz CT molecular complexity index is 666. The number of nitrogens with zero attached hydrogens (tertiary/aromatic N) is 1. The summed E-state index contributed by atoms with van der Waals surface area (Å²) < 4.78 is 52.2. The monoisotopic (exact) mass is 373 g/mol. The number of aryl methyl sites for hydroxylation is 1. The number of aliphatic hydroxyl groups is 1. The molecule has 1 aliphatic carbocycles. The molecule has 144 valence electrons. The van der Waals surface area contributed by atoms with Crippen molar-refractivity contribution in [1.82, 2.24) is 0 Å². The average Bonchev–Trinajstić information content (AvgIpc) is 2.97. The maximum Gasteiger partial charge on any atom is 0.453 e. The first kappa shape index (κ1) is 19.1. The lowest BCUT2D eigenvalue weighted by molar-refractivity contribution is -0.323. The molecule has 26 heavy (non-hydrogen) atoms. The number of alkyl halides is 4. The molecule has 2 aliphatic rings. The Balaban J connectivity index is 1.87. The van der Waals surface area contributed by atoms with Crippen LogP contribution in [0.3, 0.4) is 0 Å². The van der Waals surface area contributed by atoms with Crippen LogP contribution < -0.4 is 4.90 Å². The van der Waals surface area contributed by atoms with E-state index in [0.717, 1.165) is 44.2 Å². The van der Waals surface area contributed by atoms with Crippen molar-refractivity contribution in [1.29, 1.82) is 0 Å². The molecule has 0 aromatic heterocycles. The minimum atomic E-state index is -5.41. The fourth-order valence-electron chi connectivity index (χ4n) is 3.96. The lowest BCUT2D eigenvalue weighted by Crippen LogP contribution is -2.38. The molecular formula is C19H23F4NO2. The number of rotatable bonds is 3. The lowest BCUT2D eigenvalue weighted by atomic mass is 9.99. The van der Waals surface area contributed by atoms with Gasteiger partial charge in [0.15, 0.2) is 0 Å². The van der Waals surface area contributed by atoms with Crippen LogP contribution in [0, 0.1) is 5.92 Å². The summed E-state index contributed by atoms with van der Waals surface area (Å²) in [6, 6.07) is 3.30. The second-order valence-electron chi connectivity index (χ2n) is 7.32. The molecule has 1 amide bonds. The number of halogens is 4. The summed E-state index contributed by atoms with van der Waals surface area (Å²) in [6.45, 7) is 0.511. The zero-order chi connectivity index (χ0) is 18.9. The van der Waals surface area contributed by atoms with Crippen molar-refractivity contribution in [2.75, 3.05) is 11.4 Å². The van der Waals surface area contributed by atoms with E-state index in [-0.39, 0.29) is 5.91 Å². The quantitative estimate of drug-likeness (QED) is 0.786. The molecule has 1 saturated carbocycles. The first-order valence-electron chi connectivity index (χ1n) is 9.12. The number of hydrogen-bond acceptors (Lipinski definition) is 2. The predicted octanol–water partition coefficient (Wildman–Crippen LogP) is 4.61. The van der Waals surface area contributed by atoms with Gasteiger partial charge in [-0.2, -0.15) is 17.6 Å². The van der Waals surface area contributed by atoms with Crippen molar-refractivity contribution in [3.05, 3.63) is 29.3 Å². The van der Waals surface area contributed by atoms with Crippen molar-refractivity contribution in [3.8, 4) is 0 Å². The molecule has 0 bridgehead atoms. The molecule has 3 rings (SSSR count). The van der Waals surface area contributed by atoms with E-state index in [0.29, 0.717) is 43.0 Å². The van der Waals surface area contributed by atoms with Gasteiger partial charge in [-0.25, -0.2) is 0 Å². The van der Waals surface area contributed by atoms with Gasteiger partial charge in [0.1, 0.15) is 0 Å². The van der Waals surface area contributed by atoms with Gasteiger partial charge in [-0.05, 0) is 55.7 Å². The third-order valence-electron chi connectivity index (χ3n) is 5.45. The summed E-state index contributed by atoms with van der Waals surface area (Å²) in [7, 11) is 0. The number of hydrogen-bond donors (Lipinski definition) is 1. The zero-order valence-corrected chi connectivity index (χ0v) is 14.5. The van der Waals surface area contributed by atoms with Gasteiger partial charge in [0.05, 0.1) is 0 Å². The number of benzene rings is 1. The minimum absolute atomic E-state index is 0.0286. The summed E-state index contributed by atoms with van der Waals surface area (Å²) in [6.07, 6.45) is 1.23. The maximum absolute atomic E-state index is 13.9. The number of amides is 1. The fourth-order valence-corrected chi connectivity index (χ4v) is 3.96. The Labute approximate surface area is 150 Å². The SMILES string of the molecule is O=C(CC1CCCC1)N1CCCCc2cc(C(O)(F)C(F)(F)F)ccc21. The average molecular weight is 373 g/mol. The fraction of sp³-hybridized carbons (Fsp3) is 0.632. The summed E-state index contributed by atoms with van der Waals surface area (Å²) in [5, 5.41) is 9.29. The second kappa shape index (κ2) is 7.18. The molecule has 1 aromatic carbocycles. The first-order chi connectivity index (χ1) is 12.2. The molecule has 1 N–H and O–H groups in total. The molecule has 1 heterocycles. The summed E-state index contributed by atoms with van der Waals surface area (Å²) in [5.74, 6) is -4.05. The molecule has 1 aliphatic heterocycles. The van der Waals surface area contributed by atoms with Gasteiger partial charge in [0, 0.05) is 24.2 Å². The van der Waals surface area contributed by atoms with E-state index in [1.54, 1.807) is 4.90 Å². The van der Waals surface area contributed by atoms with Crippen LogP contribution in [0.1, 0.15) is 56.1 Å². The zero-order valence-electron chi connectivity index (χ0n) is 14.5. The van der Waals surface area contributed by atoms with Gasteiger partial charge in [-0.3, -0.25) is 4.79 Å². The molecule has 0 spiro atoms. The van der Waals surface area contributed by atoms with E-state index in [1.165, 1.54) is 6.07 Å². The predicted molar refractivity (Wildman–Crippen MR) is 89.4 cm³/mol. The van der Waals surface area contributed by atoms with Gasteiger partial charge in [-0.1, -0.05) is 18.9 Å². The highest BCUT2D eigenvalue weighted by Gasteiger charge is 2.56. The van der Waals surface area contributed by atoms with Crippen LogP contribution in [0.25, 0.3) is 0 Å². The molecule has 1 aromatic rings. The Morgan fingerprint density at radius 3 is 2.46 bits per heavy atom. The highest BCUT2D eigenvalue weighted by molar-refractivity contribution is 5.94. The van der Waals surface area contributed by atoms with Crippen molar-refractivity contribution < 1.29 is 27.5 Å². The van der Waals surface area contributed by atoms with E-state index < -0.39 is 17.6 Å². The van der Waals surface area contributed by atoms with E-state index in [1.807, 2.05) is 0 Å². The Morgan fingerprint density at radius 1 is 1.12 bits per heavy atom. The van der Waals surface area contributed by atoms with Crippen molar-refractivity contribution >= 4 is 11.6 Å². The topological polar surface area (TPSA) is 40.5 Å². The van der Waals surface area contributed by atoms with Crippen LogP contribution in [-0.4, -0.2) is 23.7 Å². The minimum Gasteiger partial charge on any atom is -0.351 e. The number of carbonyl (C=O) groups is 1. The Kier molecular flexibility index (Phi) is 5.28. The van der Waals surface area contributed by atoms with Gasteiger partial charge in [-0.15, -0.1) is 0 Å². The van der Waals surface area contributed by atoms with Crippen molar-refractivity contribution in [3.63, 3.8) is 0 Å². The first-order valence-corrected chi connectivity index (χ1v) is 9.12. The molecule has 0 radical (unpaired) electrons. The second-order valence-corrected chi connectivity index (χ2v) is 7.32. The molecule has 1 fully saturated rings. The molecule has 1 unspecified atom stereocenters. The smallest absolute Gasteiger partial charge is 0.351 e. The summed E-state index contributed by atoms with van der Waals surface area (Å²) in [4.78, 5) is 14.4. The molecular weight excluding hydrogens is 350 g/mol. The van der Waals surface area contributed by atoms with E-state index in [4.69, 9.17) is 0 Å². The third-order valence-corrected chi connectivity index (χ3v) is 5.45. The molecule has 0 saturated heterocycles.